The lowest BCUT2D eigenvalue weighted by molar-refractivity contribution is -0.122. The molecule has 0 radical (unpaired) electrons. The van der Waals surface area contributed by atoms with Crippen molar-refractivity contribution in [3.05, 3.63) is 18.2 Å². The van der Waals surface area contributed by atoms with Crippen molar-refractivity contribution in [1.29, 1.82) is 0 Å². The first-order valence-electron chi connectivity index (χ1n) is 7.23. The van der Waals surface area contributed by atoms with E-state index >= 15 is 0 Å². The number of amides is 1. The molecule has 7 nitrogen and oxygen atoms in total. The molecule has 0 unspecified atom stereocenters. The number of ether oxygens (including phenoxy) is 2. The van der Waals surface area contributed by atoms with Gasteiger partial charge in [0.15, 0.2) is 11.5 Å². The van der Waals surface area contributed by atoms with Crippen LogP contribution in [0.1, 0.15) is 20.8 Å². The van der Waals surface area contributed by atoms with Crippen molar-refractivity contribution in [3.63, 3.8) is 0 Å². The van der Waals surface area contributed by atoms with Crippen LogP contribution in [-0.4, -0.2) is 41.1 Å². The zero-order chi connectivity index (χ0) is 17.6. The third kappa shape index (κ3) is 5.40. The molecule has 0 saturated heterocycles. The minimum atomic E-state index is -3.85. The minimum absolute atomic E-state index is 0.00124. The van der Waals surface area contributed by atoms with Crippen LogP contribution >= 0.6 is 0 Å². The van der Waals surface area contributed by atoms with Gasteiger partial charge in [0.2, 0.25) is 15.9 Å². The molecule has 1 rings (SSSR count). The summed E-state index contributed by atoms with van der Waals surface area (Å²) in [4.78, 5) is 11.9. The van der Waals surface area contributed by atoms with E-state index in [9.17, 15) is 13.2 Å². The number of benzene rings is 1. The number of carbonyl (C=O) groups is 1. The second-order valence-corrected chi connectivity index (χ2v) is 7.21. The largest absolute Gasteiger partial charge is 0.493 e. The molecular formula is C15H24N2O5S. The van der Waals surface area contributed by atoms with Gasteiger partial charge in [0, 0.05) is 12.6 Å². The first-order chi connectivity index (χ1) is 10.7. The van der Waals surface area contributed by atoms with Crippen molar-refractivity contribution < 1.29 is 22.7 Å². The van der Waals surface area contributed by atoms with Crippen LogP contribution in [0.2, 0.25) is 0 Å². The van der Waals surface area contributed by atoms with Gasteiger partial charge in [-0.15, -0.1) is 0 Å². The van der Waals surface area contributed by atoms with Crippen LogP contribution in [0.15, 0.2) is 23.1 Å². The van der Waals surface area contributed by atoms with Crippen molar-refractivity contribution in [2.45, 2.75) is 31.7 Å². The van der Waals surface area contributed by atoms with Crippen molar-refractivity contribution >= 4 is 15.9 Å². The summed E-state index contributed by atoms with van der Waals surface area (Å²) in [6, 6.07) is 3.35. The summed E-state index contributed by atoms with van der Waals surface area (Å²) in [5.74, 6) is 0.637. The molecule has 0 aliphatic carbocycles. The highest BCUT2D eigenvalue weighted by molar-refractivity contribution is 7.89. The topological polar surface area (TPSA) is 93.7 Å². The Bertz CT molecular complexity index is 643. The quantitative estimate of drug-likeness (QED) is 0.738. The monoisotopic (exact) mass is 344 g/mol. The first-order valence-corrected chi connectivity index (χ1v) is 8.71. The molecule has 130 valence electrons. The molecule has 0 spiro atoms. The Labute approximate surface area is 137 Å². The second-order valence-electron chi connectivity index (χ2n) is 5.50. The number of sulfonamides is 1. The summed E-state index contributed by atoms with van der Waals surface area (Å²) in [5.41, 5.74) is 0. The molecule has 0 aliphatic heterocycles. The number of hydrogen-bond donors (Lipinski definition) is 2. The molecule has 23 heavy (non-hydrogen) atoms. The van der Waals surface area contributed by atoms with Crippen LogP contribution in [-0.2, 0) is 14.8 Å². The Morgan fingerprint density at radius 2 is 1.74 bits per heavy atom. The summed E-state index contributed by atoms with van der Waals surface area (Å²) in [6.45, 7) is 5.90. The summed E-state index contributed by atoms with van der Waals surface area (Å²) in [7, 11) is -0.963. The van der Waals surface area contributed by atoms with Gasteiger partial charge in [-0.05, 0) is 25.0 Å². The van der Waals surface area contributed by atoms with Crippen LogP contribution in [0.5, 0.6) is 11.5 Å². The van der Waals surface area contributed by atoms with E-state index in [1.807, 2.05) is 13.8 Å². The third-order valence-electron chi connectivity index (χ3n) is 3.08. The first kappa shape index (κ1) is 19.2. The highest BCUT2D eigenvalue weighted by Gasteiger charge is 2.23. The standard InChI is InChI=1S/C15H24N2O5S/c1-10(2)9-16-15(18)11(3)17-23(19,20)12-6-7-13(21-4)14(8-12)22-5/h6-8,10-11,17H,9H2,1-5H3,(H,16,18)/t11-/m1/s1. The summed E-state index contributed by atoms with van der Waals surface area (Å²) in [6.07, 6.45) is 0. The lowest BCUT2D eigenvalue weighted by atomic mass is 10.2. The lowest BCUT2D eigenvalue weighted by Crippen LogP contribution is -2.45. The van der Waals surface area contributed by atoms with Gasteiger partial charge in [0.05, 0.1) is 25.2 Å². The van der Waals surface area contributed by atoms with E-state index in [2.05, 4.69) is 10.0 Å². The normalized spacial score (nSPS) is 12.8. The van der Waals surface area contributed by atoms with E-state index in [1.165, 1.54) is 39.3 Å². The molecule has 1 aromatic carbocycles. The van der Waals surface area contributed by atoms with Crippen molar-refractivity contribution in [3.8, 4) is 11.5 Å². The smallest absolute Gasteiger partial charge is 0.241 e. The molecule has 0 aliphatic rings. The van der Waals surface area contributed by atoms with Crippen molar-refractivity contribution in [2.24, 2.45) is 5.92 Å². The Morgan fingerprint density at radius 1 is 1.13 bits per heavy atom. The van der Waals surface area contributed by atoms with Crippen LogP contribution in [0.25, 0.3) is 0 Å². The molecule has 0 heterocycles. The maximum absolute atomic E-state index is 12.4. The highest BCUT2D eigenvalue weighted by Crippen LogP contribution is 2.29. The fraction of sp³-hybridized carbons (Fsp3) is 0.533. The average Bonchev–Trinajstić information content (AvgIpc) is 2.51. The molecule has 0 saturated carbocycles. The van der Waals surface area contributed by atoms with Crippen LogP contribution in [0.3, 0.4) is 0 Å². The predicted octanol–water partition coefficient (Wildman–Crippen LogP) is 1.14. The number of rotatable bonds is 8. The average molecular weight is 344 g/mol. The number of nitrogens with one attached hydrogen (secondary N) is 2. The maximum atomic E-state index is 12.4. The van der Waals surface area contributed by atoms with Gasteiger partial charge in [0.25, 0.3) is 0 Å². The van der Waals surface area contributed by atoms with Crippen LogP contribution in [0, 0.1) is 5.92 Å². The van der Waals surface area contributed by atoms with Gasteiger partial charge >= 0.3 is 0 Å². The fourth-order valence-electron chi connectivity index (χ4n) is 1.80. The molecule has 1 atom stereocenters. The van der Waals surface area contributed by atoms with E-state index < -0.39 is 16.1 Å². The van der Waals surface area contributed by atoms with Gasteiger partial charge in [-0.1, -0.05) is 13.8 Å². The Kier molecular flexibility index (Phi) is 6.83. The molecule has 0 bridgehead atoms. The van der Waals surface area contributed by atoms with E-state index in [4.69, 9.17) is 9.47 Å². The van der Waals surface area contributed by atoms with Crippen molar-refractivity contribution in [2.75, 3.05) is 20.8 Å². The predicted molar refractivity (Wildman–Crippen MR) is 87.2 cm³/mol. The fourth-order valence-corrected chi connectivity index (χ4v) is 3.01. The minimum Gasteiger partial charge on any atom is -0.493 e. The van der Waals surface area contributed by atoms with Gasteiger partial charge in [0.1, 0.15) is 0 Å². The van der Waals surface area contributed by atoms with Crippen LogP contribution in [0.4, 0.5) is 0 Å². The van der Waals surface area contributed by atoms with Gasteiger partial charge < -0.3 is 14.8 Å². The molecular weight excluding hydrogens is 320 g/mol. The zero-order valence-electron chi connectivity index (χ0n) is 14.0. The van der Waals surface area contributed by atoms with E-state index in [0.717, 1.165) is 0 Å². The third-order valence-corrected chi connectivity index (χ3v) is 4.61. The van der Waals surface area contributed by atoms with E-state index in [-0.39, 0.29) is 16.7 Å². The summed E-state index contributed by atoms with van der Waals surface area (Å²) >= 11 is 0. The Balaban J connectivity index is 2.88. The SMILES string of the molecule is COc1ccc(S(=O)(=O)N[C@H](C)C(=O)NCC(C)C)cc1OC. The molecule has 1 amide bonds. The Morgan fingerprint density at radius 3 is 2.26 bits per heavy atom. The maximum Gasteiger partial charge on any atom is 0.241 e. The molecule has 0 aromatic heterocycles. The molecule has 8 heteroatoms. The second kappa shape index (κ2) is 8.16. The molecule has 0 fully saturated rings. The lowest BCUT2D eigenvalue weighted by Gasteiger charge is -2.16. The number of carbonyl (C=O) groups excluding carboxylic acids is 1. The molecule has 1 aromatic rings. The zero-order valence-corrected chi connectivity index (χ0v) is 14.9. The van der Waals surface area contributed by atoms with Crippen LogP contribution < -0.4 is 19.5 Å². The van der Waals surface area contributed by atoms with Crippen molar-refractivity contribution in [1.82, 2.24) is 10.0 Å². The molecule has 2 N–H and O–H groups in total. The summed E-state index contributed by atoms with van der Waals surface area (Å²) in [5, 5.41) is 2.69. The summed E-state index contributed by atoms with van der Waals surface area (Å²) < 4.78 is 37.2. The van der Waals surface area contributed by atoms with E-state index in [1.54, 1.807) is 0 Å². The van der Waals surface area contributed by atoms with E-state index in [0.29, 0.717) is 18.0 Å². The number of hydrogen-bond acceptors (Lipinski definition) is 5. The van der Waals surface area contributed by atoms with Gasteiger partial charge in [-0.3, -0.25) is 4.79 Å². The van der Waals surface area contributed by atoms with Gasteiger partial charge in [-0.2, -0.15) is 4.72 Å². The Hall–Kier alpha value is -1.80. The number of methoxy groups -OCH3 is 2. The highest BCUT2D eigenvalue weighted by atomic mass is 32.2. The van der Waals surface area contributed by atoms with Gasteiger partial charge in [-0.25, -0.2) is 8.42 Å².